The number of rotatable bonds is 2. The molecule has 1 fully saturated rings. The fourth-order valence-electron chi connectivity index (χ4n) is 2.38. The highest BCUT2D eigenvalue weighted by atomic mass is 16.6. The third kappa shape index (κ3) is 4.47. The molecule has 5 heteroatoms. The summed E-state index contributed by atoms with van der Waals surface area (Å²) < 4.78 is 5.40. The van der Waals surface area contributed by atoms with E-state index in [9.17, 15) is 4.79 Å². The Hall–Kier alpha value is -1.65. The molecule has 1 aromatic heterocycles. The second-order valence-electron chi connectivity index (χ2n) is 6.31. The predicted molar refractivity (Wildman–Crippen MR) is 76.3 cm³/mol. The van der Waals surface area contributed by atoms with Crippen molar-refractivity contribution in [3.05, 3.63) is 24.3 Å². The zero-order chi connectivity index (χ0) is 14.6. The normalized spacial score (nSPS) is 17.1. The second-order valence-corrected chi connectivity index (χ2v) is 6.31. The number of likely N-dealkylation sites (tertiary alicyclic amines) is 1. The lowest BCUT2D eigenvalue weighted by Gasteiger charge is -2.33. The van der Waals surface area contributed by atoms with Gasteiger partial charge in [0.15, 0.2) is 0 Å². The average Bonchev–Trinajstić information content (AvgIpc) is 2.39. The Morgan fingerprint density at radius 1 is 1.35 bits per heavy atom. The lowest BCUT2D eigenvalue weighted by atomic mass is 9.92. The van der Waals surface area contributed by atoms with Crippen molar-refractivity contribution in [3.8, 4) is 0 Å². The van der Waals surface area contributed by atoms with Gasteiger partial charge in [0.1, 0.15) is 5.60 Å². The molecule has 110 valence electrons. The third-order valence-corrected chi connectivity index (χ3v) is 3.38. The number of carbonyl (C=O) groups excluding carboxylic acids is 1. The Balaban J connectivity index is 1.79. The maximum absolute atomic E-state index is 12.0. The van der Waals surface area contributed by atoms with Crippen molar-refractivity contribution >= 4 is 6.09 Å². The van der Waals surface area contributed by atoms with Crippen LogP contribution in [0.1, 0.15) is 39.3 Å². The molecule has 0 bridgehead atoms. The fourth-order valence-corrected chi connectivity index (χ4v) is 2.38. The van der Waals surface area contributed by atoms with Crippen LogP contribution in [0.3, 0.4) is 0 Å². The summed E-state index contributed by atoms with van der Waals surface area (Å²) in [5, 5.41) is 0. The van der Waals surface area contributed by atoms with Gasteiger partial charge in [0.25, 0.3) is 0 Å². The molecule has 5 nitrogen and oxygen atoms in total. The molecule has 1 aliphatic rings. The largest absolute Gasteiger partial charge is 0.444 e. The van der Waals surface area contributed by atoms with Crippen LogP contribution < -0.4 is 0 Å². The maximum Gasteiger partial charge on any atom is 0.410 e. The van der Waals surface area contributed by atoms with Crippen LogP contribution in [0.5, 0.6) is 0 Å². The van der Waals surface area contributed by atoms with E-state index in [1.807, 2.05) is 27.0 Å². The number of aromatic nitrogens is 2. The molecule has 0 saturated carbocycles. The highest BCUT2D eigenvalue weighted by molar-refractivity contribution is 5.68. The molecule has 0 aromatic carbocycles. The zero-order valence-electron chi connectivity index (χ0n) is 12.5. The smallest absolute Gasteiger partial charge is 0.410 e. The first kappa shape index (κ1) is 14.8. The van der Waals surface area contributed by atoms with E-state index in [2.05, 4.69) is 9.97 Å². The lowest BCUT2D eigenvalue weighted by Crippen LogP contribution is -2.42. The van der Waals surface area contributed by atoms with Crippen molar-refractivity contribution in [1.29, 1.82) is 0 Å². The SMILES string of the molecule is CC(C)(C)OC(=O)N1CCC(Cc2cnccn2)CC1. The Morgan fingerprint density at radius 2 is 2.05 bits per heavy atom. The second kappa shape index (κ2) is 6.20. The van der Waals surface area contributed by atoms with Crippen LogP contribution in [0.2, 0.25) is 0 Å². The van der Waals surface area contributed by atoms with E-state index in [0.29, 0.717) is 5.92 Å². The van der Waals surface area contributed by atoms with Crippen LogP contribution >= 0.6 is 0 Å². The van der Waals surface area contributed by atoms with E-state index in [1.54, 1.807) is 17.3 Å². The van der Waals surface area contributed by atoms with Crippen LogP contribution in [0.4, 0.5) is 4.79 Å². The summed E-state index contributed by atoms with van der Waals surface area (Å²) in [6.45, 7) is 7.21. The number of nitrogens with zero attached hydrogens (tertiary/aromatic N) is 3. The first-order chi connectivity index (χ1) is 9.44. The molecule has 0 radical (unpaired) electrons. The van der Waals surface area contributed by atoms with Crippen LogP contribution in [0, 0.1) is 5.92 Å². The first-order valence-corrected chi connectivity index (χ1v) is 7.17. The van der Waals surface area contributed by atoms with Crippen LogP contribution in [-0.2, 0) is 11.2 Å². The summed E-state index contributed by atoms with van der Waals surface area (Å²) in [5.74, 6) is 0.574. The summed E-state index contributed by atoms with van der Waals surface area (Å²) in [6.07, 6.45) is 7.97. The van der Waals surface area contributed by atoms with Gasteiger partial charge in [0.2, 0.25) is 0 Å². The van der Waals surface area contributed by atoms with E-state index in [0.717, 1.165) is 38.0 Å². The molecule has 1 saturated heterocycles. The Bertz CT molecular complexity index is 434. The Labute approximate surface area is 120 Å². The van der Waals surface area contributed by atoms with Gasteiger partial charge in [-0.25, -0.2) is 4.79 Å². The highest BCUT2D eigenvalue weighted by Crippen LogP contribution is 2.22. The lowest BCUT2D eigenvalue weighted by molar-refractivity contribution is 0.0184. The van der Waals surface area contributed by atoms with Gasteiger partial charge in [0.05, 0.1) is 5.69 Å². The molecule has 1 amide bonds. The minimum absolute atomic E-state index is 0.199. The average molecular weight is 277 g/mol. The standard InChI is InChI=1S/C15H23N3O2/c1-15(2,3)20-14(19)18-8-4-12(5-9-18)10-13-11-16-6-7-17-13/h6-7,11-12H,4-5,8-10H2,1-3H3. The maximum atomic E-state index is 12.0. The van der Waals surface area contributed by atoms with Gasteiger partial charge in [-0.05, 0) is 46.0 Å². The number of ether oxygens (including phenoxy) is 1. The summed E-state index contributed by atoms with van der Waals surface area (Å²) in [5.41, 5.74) is 0.608. The topological polar surface area (TPSA) is 55.3 Å². The quantitative estimate of drug-likeness (QED) is 0.834. The van der Waals surface area contributed by atoms with Crippen molar-refractivity contribution in [1.82, 2.24) is 14.9 Å². The molecule has 20 heavy (non-hydrogen) atoms. The van der Waals surface area contributed by atoms with E-state index < -0.39 is 5.60 Å². The van der Waals surface area contributed by atoms with Crippen LogP contribution in [0.15, 0.2) is 18.6 Å². The molecule has 1 aromatic rings. The zero-order valence-corrected chi connectivity index (χ0v) is 12.5. The molecule has 0 spiro atoms. The third-order valence-electron chi connectivity index (χ3n) is 3.38. The van der Waals surface area contributed by atoms with Gasteiger partial charge in [-0.15, -0.1) is 0 Å². The van der Waals surface area contributed by atoms with Crippen molar-refractivity contribution in [2.75, 3.05) is 13.1 Å². The molecular weight excluding hydrogens is 254 g/mol. The van der Waals surface area contributed by atoms with Gasteiger partial charge in [-0.1, -0.05) is 0 Å². The predicted octanol–water partition coefficient (Wildman–Crippen LogP) is 2.67. The van der Waals surface area contributed by atoms with Crippen molar-refractivity contribution in [2.45, 2.75) is 45.6 Å². The van der Waals surface area contributed by atoms with Gasteiger partial charge in [-0.3, -0.25) is 9.97 Å². The molecule has 1 aliphatic heterocycles. The van der Waals surface area contributed by atoms with Gasteiger partial charge in [-0.2, -0.15) is 0 Å². The minimum atomic E-state index is -0.423. The first-order valence-electron chi connectivity index (χ1n) is 7.17. The van der Waals surface area contributed by atoms with E-state index in [-0.39, 0.29) is 6.09 Å². The molecule has 0 aliphatic carbocycles. The summed E-state index contributed by atoms with van der Waals surface area (Å²) in [4.78, 5) is 22.2. The fraction of sp³-hybridized carbons (Fsp3) is 0.667. The van der Waals surface area contributed by atoms with E-state index in [4.69, 9.17) is 4.74 Å². The molecule has 0 N–H and O–H groups in total. The van der Waals surface area contributed by atoms with Gasteiger partial charge < -0.3 is 9.64 Å². The van der Waals surface area contributed by atoms with Crippen molar-refractivity contribution < 1.29 is 9.53 Å². The molecule has 0 unspecified atom stereocenters. The highest BCUT2D eigenvalue weighted by Gasteiger charge is 2.26. The Kier molecular flexibility index (Phi) is 4.57. The summed E-state index contributed by atoms with van der Waals surface area (Å²) in [7, 11) is 0. The van der Waals surface area contributed by atoms with E-state index in [1.165, 1.54) is 0 Å². The Morgan fingerprint density at radius 3 is 2.60 bits per heavy atom. The van der Waals surface area contributed by atoms with Crippen LogP contribution in [-0.4, -0.2) is 39.7 Å². The number of hydrogen-bond donors (Lipinski definition) is 0. The molecule has 0 atom stereocenters. The molecule has 2 heterocycles. The number of carbonyl (C=O) groups is 1. The van der Waals surface area contributed by atoms with Crippen molar-refractivity contribution in [2.24, 2.45) is 5.92 Å². The number of hydrogen-bond acceptors (Lipinski definition) is 4. The van der Waals surface area contributed by atoms with Crippen molar-refractivity contribution in [3.63, 3.8) is 0 Å². The summed E-state index contributed by atoms with van der Waals surface area (Å²) >= 11 is 0. The monoisotopic (exact) mass is 277 g/mol. The van der Waals surface area contributed by atoms with Gasteiger partial charge >= 0.3 is 6.09 Å². The van der Waals surface area contributed by atoms with Crippen LogP contribution in [0.25, 0.3) is 0 Å². The molecule has 2 rings (SSSR count). The van der Waals surface area contributed by atoms with Gasteiger partial charge in [0, 0.05) is 31.7 Å². The summed E-state index contributed by atoms with van der Waals surface area (Å²) in [6, 6.07) is 0. The number of piperidine rings is 1. The molecular formula is C15H23N3O2. The van der Waals surface area contributed by atoms with E-state index >= 15 is 0 Å². The minimum Gasteiger partial charge on any atom is -0.444 e. The number of amides is 1.